The fraction of sp³-hybridized carbons (Fsp3) is 0. The summed E-state index contributed by atoms with van der Waals surface area (Å²) in [6, 6.07) is 0. The monoisotopic (exact) mass is 416 g/mol. The Morgan fingerprint density at radius 3 is 0.280 bits per heavy atom. The average Bonchev–Trinajstić information content (AvgIpc) is 1.76. The minimum Gasteiger partial charge on any atom is -1.00 e. The van der Waals surface area contributed by atoms with E-state index < -0.39 is 29.3 Å². The Kier molecular flexibility index (Phi) is 340. The van der Waals surface area contributed by atoms with Gasteiger partial charge >= 0.3 is 58.8 Å². The fourth-order valence-corrected chi connectivity index (χ4v) is 0. The molecule has 0 fully saturated rings. The summed E-state index contributed by atoms with van der Waals surface area (Å²) < 4.78 is 0. The van der Waals surface area contributed by atoms with Gasteiger partial charge in [-0.1, -0.05) is 0 Å². The van der Waals surface area contributed by atoms with Crippen LogP contribution >= 0.6 is 0 Å². The molecule has 0 aromatic carbocycles. The van der Waals surface area contributed by atoms with E-state index in [0.717, 1.165) is 0 Å². The quantitative estimate of drug-likeness (QED) is 0.164. The van der Waals surface area contributed by atoms with Crippen LogP contribution < -0.4 is 29.6 Å². The van der Waals surface area contributed by atoms with E-state index in [2.05, 4.69) is 0 Å². The summed E-state index contributed by atoms with van der Waals surface area (Å²) in [7, 11) is -8.67. The van der Waals surface area contributed by atoms with Crippen molar-refractivity contribution in [2.45, 2.75) is 0 Å². The van der Waals surface area contributed by atoms with Crippen LogP contribution in [0.25, 0.3) is 0 Å². The molecule has 0 aliphatic rings. The second kappa shape index (κ2) is 86.7. The number of rotatable bonds is 0. The molecule has 0 amide bonds. The van der Waals surface area contributed by atoms with Gasteiger partial charge in [0, 0.05) is 0 Å². The van der Waals surface area contributed by atoms with Gasteiger partial charge in [0.1, 0.15) is 0 Å². The van der Waals surface area contributed by atoms with Crippen LogP contribution in [0.1, 0.15) is 1.43 Å². The summed E-state index contributed by atoms with van der Waals surface area (Å²) in [4.78, 5) is 0. The van der Waals surface area contributed by atoms with Gasteiger partial charge < -0.3 is 106 Å². The molecule has 0 unspecified atom stereocenters. The first-order valence-electron chi connectivity index (χ1n) is 3.10. The predicted octanol–water partition coefficient (Wildman–Crippen LogP) is -17.7. The second-order valence-corrected chi connectivity index (χ2v) is 1.39. The number of hydrogen-bond acceptors (Lipinski definition) is 12. The molecule has 25 heavy (non-hydrogen) atoms. The maximum atomic E-state index is 7.17. The molecule has 0 atom stereocenters. The van der Waals surface area contributed by atoms with Gasteiger partial charge in [-0.05, 0) is 0 Å². The minimum atomic E-state index is -2.17. The van der Waals surface area contributed by atoms with Gasteiger partial charge in [-0.15, -0.1) is 0 Å². The fourth-order valence-electron chi connectivity index (χ4n) is 0. The Morgan fingerprint density at radius 1 is 0.280 bits per heavy atom. The summed E-state index contributed by atoms with van der Waals surface area (Å²) in [5, 5.41) is 86.0. The molecule has 0 saturated carbocycles. The van der Waals surface area contributed by atoms with E-state index >= 15 is 0 Å². The van der Waals surface area contributed by atoms with Crippen molar-refractivity contribution < 1.29 is 135 Å². The van der Waals surface area contributed by atoms with Crippen LogP contribution in [0, 0.1) is 0 Å². The van der Waals surface area contributed by atoms with Gasteiger partial charge in [0.15, 0.2) is 0 Å². The molecular weight excluding hydrogens is 386 g/mol. The van der Waals surface area contributed by atoms with E-state index in [1.54, 1.807) is 0 Å². The number of hydrogen-bond donors (Lipinski definition) is 12. The maximum absolute atomic E-state index is 7.17. The first kappa shape index (κ1) is 98.1. The van der Waals surface area contributed by atoms with Crippen LogP contribution in [0.5, 0.6) is 0 Å². The Bertz CT molecular complexity index is 70.8. The third-order valence-electron chi connectivity index (χ3n) is 0. The van der Waals surface area contributed by atoms with Gasteiger partial charge in [0.25, 0.3) is 0 Å². The molecule has 0 aromatic rings. The molecule has 0 aliphatic carbocycles. The second-order valence-electron chi connectivity index (χ2n) is 1.39. The zero-order chi connectivity index (χ0) is 14.3. The standard InChI is InChI=1S/4BH3O3.Na.8H2O.H/c4*2-1(3)4;;;;;;;;;;/h4*2-4H;;8*1H2;/q;;;;+1;;;;;;;;;-1. The minimum absolute atomic E-state index is 0. The van der Waals surface area contributed by atoms with Crippen LogP contribution in [-0.2, 0) is 0 Å². The summed E-state index contributed by atoms with van der Waals surface area (Å²) in [6.45, 7) is 0. The molecule has 20 nitrogen and oxygen atoms in total. The van der Waals surface area contributed by atoms with E-state index in [-0.39, 0.29) is 74.8 Å². The molecular formula is H29B4NaO20. The molecule has 25 heteroatoms. The van der Waals surface area contributed by atoms with Crippen molar-refractivity contribution in [1.82, 2.24) is 0 Å². The molecule has 0 aromatic heterocycles. The van der Waals surface area contributed by atoms with Crippen LogP contribution in [0.15, 0.2) is 0 Å². The summed E-state index contributed by atoms with van der Waals surface area (Å²) in [5.41, 5.74) is 0. The van der Waals surface area contributed by atoms with Crippen molar-refractivity contribution in [3.8, 4) is 0 Å². The topological polar surface area (TPSA) is 495 Å². The largest absolute Gasteiger partial charge is 1.00 e. The van der Waals surface area contributed by atoms with E-state index in [9.17, 15) is 0 Å². The normalized spacial score (nSPS) is 4.32. The predicted molar refractivity (Wildman–Crippen MR) is 79.7 cm³/mol. The van der Waals surface area contributed by atoms with Gasteiger partial charge in [-0.2, -0.15) is 0 Å². The molecule has 0 spiro atoms. The Balaban J connectivity index is -0.00000000545. The van der Waals surface area contributed by atoms with Gasteiger partial charge in [-0.3, -0.25) is 0 Å². The zero-order valence-corrected chi connectivity index (χ0v) is 14.7. The van der Waals surface area contributed by atoms with Crippen LogP contribution in [0.4, 0.5) is 0 Å². The Morgan fingerprint density at radius 2 is 0.280 bits per heavy atom. The SMILES string of the molecule is O.O.O.O.O.O.O.O.OB(O)O.OB(O)O.OB(O)O.OB(O)O.[H-].[Na+]. The van der Waals surface area contributed by atoms with Gasteiger partial charge in [0.2, 0.25) is 0 Å². The van der Waals surface area contributed by atoms with Crippen LogP contribution in [-0.4, -0.2) is 133 Å². The van der Waals surface area contributed by atoms with Crippen molar-refractivity contribution in [3.63, 3.8) is 0 Å². The van der Waals surface area contributed by atoms with Crippen LogP contribution in [0.3, 0.4) is 0 Å². The van der Waals surface area contributed by atoms with E-state index in [1.807, 2.05) is 0 Å². The van der Waals surface area contributed by atoms with Crippen molar-refractivity contribution in [3.05, 3.63) is 0 Å². The zero-order valence-electron chi connectivity index (χ0n) is 13.7. The summed E-state index contributed by atoms with van der Waals surface area (Å²) in [6.07, 6.45) is 0. The van der Waals surface area contributed by atoms with E-state index in [4.69, 9.17) is 60.3 Å². The summed E-state index contributed by atoms with van der Waals surface area (Å²) >= 11 is 0. The van der Waals surface area contributed by atoms with Crippen molar-refractivity contribution in [2.24, 2.45) is 0 Å². The van der Waals surface area contributed by atoms with Gasteiger partial charge in [0.05, 0.1) is 0 Å². The summed E-state index contributed by atoms with van der Waals surface area (Å²) in [5.74, 6) is 0. The molecule has 0 heterocycles. The molecule has 0 aliphatic heterocycles. The molecule has 0 bridgehead atoms. The van der Waals surface area contributed by atoms with E-state index in [1.165, 1.54) is 0 Å². The molecule has 0 saturated heterocycles. The molecule has 28 N–H and O–H groups in total. The smallest absolute Gasteiger partial charge is 1.00 e. The first-order valence-corrected chi connectivity index (χ1v) is 3.10. The first-order chi connectivity index (χ1) is 6.93. The third kappa shape index (κ3) is 58400. The molecule has 162 valence electrons. The van der Waals surface area contributed by atoms with Crippen LogP contribution in [0.2, 0.25) is 0 Å². The van der Waals surface area contributed by atoms with Crippen molar-refractivity contribution in [1.29, 1.82) is 0 Å². The third-order valence-corrected chi connectivity index (χ3v) is 0. The van der Waals surface area contributed by atoms with Crippen molar-refractivity contribution >= 4 is 29.3 Å². The molecule has 0 rings (SSSR count). The van der Waals surface area contributed by atoms with Crippen molar-refractivity contribution in [2.75, 3.05) is 0 Å². The average molecular weight is 415 g/mol. The molecule has 0 radical (unpaired) electrons. The Hall–Kier alpha value is 0.460. The Labute approximate surface area is 164 Å². The van der Waals surface area contributed by atoms with Gasteiger partial charge in [-0.25, -0.2) is 0 Å². The maximum Gasteiger partial charge on any atom is 1.00 e. The van der Waals surface area contributed by atoms with E-state index in [0.29, 0.717) is 0 Å².